The summed E-state index contributed by atoms with van der Waals surface area (Å²) in [5.41, 5.74) is 6.71. The van der Waals surface area contributed by atoms with E-state index in [-0.39, 0.29) is 19.0 Å². The van der Waals surface area contributed by atoms with E-state index in [2.05, 4.69) is 4.98 Å². The summed E-state index contributed by atoms with van der Waals surface area (Å²) in [5.74, 6) is 0.188. The largest absolute Gasteiger partial charge is 0.497 e. The lowest BCUT2D eigenvalue weighted by atomic mass is 10.1. The maximum Gasteiger partial charge on any atom is 0.424 e. The Morgan fingerprint density at radius 2 is 1.69 bits per heavy atom. The molecule has 0 radical (unpaired) electrons. The number of carbonyl (C=O) groups excluding carboxylic acids is 3. The Morgan fingerprint density at radius 1 is 1.00 bits per heavy atom. The highest BCUT2D eigenvalue weighted by atomic mass is 16.5. The maximum atomic E-state index is 13.8. The molecule has 0 bridgehead atoms. The van der Waals surface area contributed by atoms with Gasteiger partial charge in [-0.25, -0.2) is 9.59 Å². The van der Waals surface area contributed by atoms with Gasteiger partial charge < -0.3 is 15.2 Å². The van der Waals surface area contributed by atoms with E-state index < -0.39 is 22.6 Å². The number of aromatic nitrogens is 1. The number of hydrogen-bond acceptors (Lipinski definition) is 6. The summed E-state index contributed by atoms with van der Waals surface area (Å²) in [6.45, 7) is -0.155. The van der Waals surface area contributed by atoms with E-state index in [0.717, 1.165) is 0 Å². The number of likely N-dealkylation sites (tertiary alicyclic amines) is 1. The molecular formula is C26H27N4O5+. The monoisotopic (exact) mass is 475 g/mol. The van der Waals surface area contributed by atoms with Gasteiger partial charge in [-0.1, -0.05) is 18.2 Å². The van der Waals surface area contributed by atoms with Gasteiger partial charge in [0.15, 0.2) is 0 Å². The van der Waals surface area contributed by atoms with Crippen LogP contribution in [0.5, 0.6) is 11.5 Å². The van der Waals surface area contributed by atoms with Gasteiger partial charge in [0.2, 0.25) is 6.23 Å². The standard InChI is InChI=1S/C26H26N4O5/c1-34-21-11-9-19(10-12-21)25(32)29(20-6-3-2-4-7-20)18-23(31)30(26(27)33)17-5-8-24(30)35-22-13-15-28-16-14-22/h2-4,6-7,9-16,24H,5,8,17-18H2,1H3,(H-,27,33)/p+1/t24?,30-/m0/s1. The summed E-state index contributed by atoms with van der Waals surface area (Å²) in [6.07, 6.45) is 3.37. The van der Waals surface area contributed by atoms with E-state index in [1.54, 1.807) is 80.2 Å². The number of hydrogen-bond donors (Lipinski definition) is 1. The molecule has 3 aromatic rings. The molecule has 9 nitrogen and oxygen atoms in total. The van der Waals surface area contributed by atoms with Crippen LogP contribution in [-0.2, 0) is 4.79 Å². The number of nitrogens with zero attached hydrogens (tertiary/aromatic N) is 3. The number of primary amides is 1. The summed E-state index contributed by atoms with van der Waals surface area (Å²) in [7, 11) is 1.54. The van der Waals surface area contributed by atoms with Crippen LogP contribution in [0.25, 0.3) is 0 Å². The third-order valence-electron chi connectivity index (χ3n) is 6.16. The van der Waals surface area contributed by atoms with Gasteiger partial charge in [0.25, 0.3) is 5.91 Å². The lowest BCUT2D eigenvalue weighted by Crippen LogP contribution is -2.66. The van der Waals surface area contributed by atoms with E-state index in [4.69, 9.17) is 15.2 Å². The first-order valence-electron chi connectivity index (χ1n) is 11.2. The minimum atomic E-state index is -0.809. The van der Waals surface area contributed by atoms with Crippen molar-refractivity contribution in [3.63, 3.8) is 0 Å². The number of urea groups is 1. The normalized spacial score (nSPS) is 19.1. The molecule has 1 unspecified atom stereocenters. The van der Waals surface area contributed by atoms with Crippen molar-refractivity contribution in [1.29, 1.82) is 0 Å². The molecule has 1 saturated heterocycles. The number of quaternary nitrogens is 1. The Morgan fingerprint density at radius 3 is 2.31 bits per heavy atom. The summed E-state index contributed by atoms with van der Waals surface area (Å²) >= 11 is 0. The fourth-order valence-corrected chi connectivity index (χ4v) is 4.30. The zero-order chi connectivity index (χ0) is 24.8. The molecule has 2 aromatic carbocycles. The first kappa shape index (κ1) is 23.9. The molecule has 2 atom stereocenters. The number of benzene rings is 2. The molecule has 1 fully saturated rings. The van der Waals surface area contributed by atoms with Crippen LogP contribution in [0.4, 0.5) is 10.5 Å². The molecule has 180 valence electrons. The van der Waals surface area contributed by atoms with Crippen molar-refractivity contribution in [2.75, 3.05) is 25.1 Å². The molecule has 0 aliphatic carbocycles. The van der Waals surface area contributed by atoms with Crippen LogP contribution in [0.3, 0.4) is 0 Å². The van der Waals surface area contributed by atoms with E-state index in [9.17, 15) is 14.4 Å². The Hall–Kier alpha value is -4.24. The number of para-hydroxylation sites is 1. The zero-order valence-electron chi connectivity index (χ0n) is 19.4. The predicted molar refractivity (Wildman–Crippen MR) is 129 cm³/mol. The first-order valence-corrected chi connectivity index (χ1v) is 11.2. The third-order valence-corrected chi connectivity index (χ3v) is 6.16. The number of methoxy groups -OCH3 is 1. The van der Waals surface area contributed by atoms with Gasteiger partial charge >= 0.3 is 11.9 Å². The van der Waals surface area contributed by atoms with Crippen molar-refractivity contribution in [2.24, 2.45) is 5.73 Å². The lowest BCUT2D eigenvalue weighted by Gasteiger charge is -2.34. The molecule has 2 N–H and O–H groups in total. The van der Waals surface area contributed by atoms with E-state index in [0.29, 0.717) is 35.6 Å². The smallest absolute Gasteiger partial charge is 0.424 e. The fourth-order valence-electron chi connectivity index (χ4n) is 4.30. The topological polar surface area (TPSA) is 112 Å². The van der Waals surface area contributed by atoms with Crippen LogP contribution in [0.1, 0.15) is 23.2 Å². The average Bonchev–Trinajstić information content (AvgIpc) is 3.32. The van der Waals surface area contributed by atoms with Gasteiger partial charge in [-0.2, -0.15) is 0 Å². The van der Waals surface area contributed by atoms with E-state index in [1.165, 1.54) is 4.90 Å². The number of carbonyl (C=O) groups is 3. The van der Waals surface area contributed by atoms with Gasteiger partial charge in [0.05, 0.1) is 13.7 Å². The van der Waals surface area contributed by atoms with Crippen LogP contribution < -0.4 is 20.1 Å². The summed E-state index contributed by atoms with van der Waals surface area (Å²) in [4.78, 5) is 45.4. The minimum Gasteiger partial charge on any atom is -0.497 e. The Kier molecular flexibility index (Phi) is 7.07. The fraction of sp³-hybridized carbons (Fsp3) is 0.231. The van der Waals surface area contributed by atoms with Crippen LogP contribution in [-0.4, -0.2) is 53.7 Å². The molecule has 1 aliphatic rings. The molecule has 9 heteroatoms. The second kappa shape index (κ2) is 10.4. The molecular weight excluding hydrogens is 448 g/mol. The molecule has 1 aromatic heterocycles. The van der Waals surface area contributed by atoms with Crippen molar-refractivity contribution in [3.8, 4) is 11.5 Å². The lowest BCUT2D eigenvalue weighted by molar-refractivity contribution is -0.806. The van der Waals surface area contributed by atoms with Crippen molar-refractivity contribution >= 4 is 23.5 Å². The van der Waals surface area contributed by atoms with E-state index in [1.807, 2.05) is 6.07 Å². The number of ether oxygens (including phenoxy) is 2. The number of nitrogens with two attached hydrogens (primary N) is 1. The van der Waals surface area contributed by atoms with Crippen LogP contribution in [0.2, 0.25) is 0 Å². The van der Waals surface area contributed by atoms with Gasteiger partial charge in [-0.3, -0.25) is 14.7 Å². The van der Waals surface area contributed by atoms with Gasteiger partial charge in [0.1, 0.15) is 18.0 Å². The maximum absolute atomic E-state index is 13.8. The summed E-state index contributed by atoms with van der Waals surface area (Å²) < 4.78 is 10.5. The number of imide groups is 1. The Bertz CT molecular complexity index is 1190. The van der Waals surface area contributed by atoms with Gasteiger partial charge in [-0.15, -0.1) is 4.48 Å². The minimum absolute atomic E-state index is 0.198. The van der Waals surface area contributed by atoms with Crippen molar-refractivity contribution in [2.45, 2.75) is 19.1 Å². The highest BCUT2D eigenvalue weighted by Crippen LogP contribution is 2.31. The predicted octanol–water partition coefficient (Wildman–Crippen LogP) is 3.36. The highest BCUT2D eigenvalue weighted by molar-refractivity contribution is 6.08. The SMILES string of the molecule is COc1ccc(C(=O)N(CC(=O)[N@@+]2(C(N)=O)CCCC2Oc2ccncc2)c2ccccc2)cc1. The van der Waals surface area contributed by atoms with E-state index >= 15 is 0 Å². The molecule has 35 heavy (non-hydrogen) atoms. The Balaban J connectivity index is 1.66. The highest BCUT2D eigenvalue weighted by Gasteiger charge is 2.55. The first-order chi connectivity index (χ1) is 17.0. The quantitative estimate of drug-likeness (QED) is 0.525. The van der Waals surface area contributed by atoms with Crippen LogP contribution >= 0.6 is 0 Å². The van der Waals surface area contributed by atoms with Crippen molar-refractivity contribution in [3.05, 3.63) is 84.7 Å². The molecule has 4 amide bonds. The summed E-state index contributed by atoms with van der Waals surface area (Å²) in [5, 5.41) is 0. The molecule has 0 saturated carbocycles. The molecule has 1 aliphatic heterocycles. The number of pyridine rings is 1. The number of anilines is 1. The third kappa shape index (κ3) is 4.85. The van der Waals surface area contributed by atoms with Crippen molar-refractivity contribution < 1.29 is 28.3 Å². The van der Waals surface area contributed by atoms with Crippen LogP contribution in [0, 0.1) is 0 Å². The van der Waals surface area contributed by atoms with Crippen LogP contribution in [0.15, 0.2) is 79.1 Å². The molecule has 2 heterocycles. The molecule has 4 rings (SSSR count). The second-order valence-corrected chi connectivity index (χ2v) is 8.18. The number of rotatable bonds is 7. The van der Waals surface area contributed by atoms with Crippen molar-refractivity contribution in [1.82, 2.24) is 4.98 Å². The van der Waals surface area contributed by atoms with Gasteiger partial charge in [-0.05, 0) is 48.5 Å². The second-order valence-electron chi connectivity index (χ2n) is 8.18. The average molecular weight is 476 g/mol. The van der Waals surface area contributed by atoms with Gasteiger partial charge in [0, 0.05) is 36.5 Å². The number of amides is 4. The Labute approximate surface area is 203 Å². The molecule has 0 spiro atoms. The zero-order valence-corrected chi connectivity index (χ0v) is 19.4. The summed E-state index contributed by atoms with van der Waals surface area (Å²) in [6, 6.07) is 17.9.